The van der Waals surface area contributed by atoms with E-state index in [0.29, 0.717) is 18.7 Å². The zero-order valence-corrected chi connectivity index (χ0v) is 9.27. The van der Waals surface area contributed by atoms with Crippen LogP contribution in [0.4, 0.5) is 0 Å². The molecule has 17 heavy (non-hydrogen) atoms. The second-order valence-corrected chi connectivity index (χ2v) is 3.95. The Kier molecular flexibility index (Phi) is 3.39. The van der Waals surface area contributed by atoms with Gasteiger partial charge in [-0.15, -0.1) is 0 Å². The zero-order valence-electron chi connectivity index (χ0n) is 9.27. The predicted octanol–water partition coefficient (Wildman–Crippen LogP) is 0.535. The number of benzene rings is 1. The molecule has 5 nitrogen and oxygen atoms in total. The summed E-state index contributed by atoms with van der Waals surface area (Å²) in [6.45, 7) is 1.22. The highest BCUT2D eigenvalue weighted by Crippen LogP contribution is 2.21. The van der Waals surface area contributed by atoms with Gasteiger partial charge in [-0.05, 0) is 11.6 Å². The lowest BCUT2D eigenvalue weighted by Crippen LogP contribution is -2.25. The standard InChI is InChI=1S/C12H14N2O3/c15-11-7-10(13-5-6-14-11)8-3-1-2-4-9(8)12(16)17/h1-4,10,13H,5-7H2,(H,14,15)(H,16,17). The molecule has 0 radical (unpaired) electrons. The molecule has 3 N–H and O–H groups in total. The Morgan fingerprint density at radius 2 is 2.06 bits per heavy atom. The van der Waals surface area contributed by atoms with Crippen molar-refractivity contribution in [3.05, 3.63) is 35.4 Å². The van der Waals surface area contributed by atoms with Gasteiger partial charge in [0.1, 0.15) is 0 Å². The molecule has 1 aromatic rings. The van der Waals surface area contributed by atoms with Gasteiger partial charge in [-0.3, -0.25) is 4.79 Å². The molecule has 1 unspecified atom stereocenters. The number of hydrogen-bond donors (Lipinski definition) is 3. The second-order valence-electron chi connectivity index (χ2n) is 3.95. The van der Waals surface area contributed by atoms with E-state index in [1.54, 1.807) is 24.3 Å². The van der Waals surface area contributed by atoms with Gasteiger partial charge in [-0.1, -0.05) is 18.2 Å². The van der Waals surface area contributed by atoms with Gasteiger partial charge in [0.2, 0.25) is 5.91 Å². The Hall–Kier alpha value is -1.88. The fourth-order valence-corrected chi connectivity index (χ4v) is 1.99. The predicted molar refractivity (Wildman–Crippen MR) is 61.8 cm³/mol. The fraction of sp³-hybridized carbons (Fsp3) is 0.333. The molecule has 2 rings (SSSR count). The van der Waals surface area contributed by atoms with E-state index in [-0.39, 0.29) is 23.9 Å². The molecule has 1 aliphatic heterocycles. The van der Waals surface area contributed by atoms with E-state index in [1.165, 1.54) is 0 Å². The van der Waals surface area contributed by atoms with Gasteiger partial charge in [-0.25, -0.2) is 4.79 Å². The number of hydrogen-bond acceptors (Lipinski definition) is 3. The molecule has 1 aromatic carbocycles. The summed E-state index contributed by atoms with van der Waals surface area (Å²) >= 11 is 0. The SMILES string of the molecule is O=C1CC(c2ccccc2C(=O)O)NCCN1. The number of aromatic carboxylic acids is 1. The second kappa shape index (κ2) is 4.97. The molecule has 0 aliphatic carbocycles. The Bertz CT molecular complexity index is 445. The van der Waals surface area contributed by atoms with Gasteiger partial charge in [-0.2, -0.15) is 0 Å². The minimum absolute atomic E-state index is 0.0554. The maximum absolute atomic E-state index is 11.4. The van der Waals surface area contributed by atoms with Crippen molar-refractivity contribution in [3.8, 4) is 0 Å². The lowest BCUT2D eigenvalue weighted by atomic mass is 9.98. The van der Waals surface area contributed by atoms with E-state index in [1.807, 2.05) is 0 Å². The van der Waals surface area contributed by atoms with E-state index in [9.17, 15) is 9.59 Å². The average Bonchev–Trinajstić information content (AvgIpc) is 2.54. The van der Waals surface area contributed by atoms with Crippen molar-refractivity contribution in [1.82, 2.24) is 10.6 Å². The smallest absolute Gasteiger partial charge is 0.336 e. The number of carboxylic acids is 1. The zero-order chi connectivity index (χ0) is 12.3. The maximum Gasteiger partial charge on any atom is 0.336 e. The molecular weight excluding hydrogens is 220 g/mol. The van der Waals surface area contributed by atoms with Crippen LogP contribution in [0.5, 0.6) is 0 Å². The van der Waals surface area contributed by atoms with Crippen molar-refractivity contribution in [2.45, 2.75) is 12.5 Å². The van der Waals surface area contributed by atoms with E-state index in [4.69, 9.17) is 5.11 Å². The fourth-order valence-electron chi connectivity index (χ4n) is 1.99. The van der Waals surface area contributed by atoms with Gasteiger partial charge in [0.25, 0.3) is 0 Å². The summed E-state index contributed by atoms with van der Waals surface area (Å²) in [5, 5.41) is 15.0. The molecule has 1 fully saturated rings. The Morgan fingerprint density at radius 1 is 1.29 bits per heavy atom. The third kappa shape index (κ3) is 2.62. The van der Waals surface area contributed by atoms with Crippen LogP contribution in [0, 0.1) is 0 Å². The van der Waals surface area contributed by atoms with Crippen LogP contribution < -0.4 is 10.6 Å². The van der Waals surface area contributed by atoms with Crippen LogP contribution in [0.3, 0.4) is 0 Å². The molecule has 0 spiro atoms. The van der Waals surface area contributed by atoms with Crippen molar-refractivity contribution in [2.75, 3.05) is 13.1 Å². The first-order chi connectivity index (χ1) is 8.18. The minimum Gasteiger partial charge on any atom is -0.478 e. The number of amides is 1. The van der Waals surface area contributed by atoms with Crippen LogP contribution in [0.15, 0.2) is 24.3 Å². The molecule has 1 saturated heterocycles. The maximum atomic E-state index is 11.4. The van der Waals surface area contributed by atoms with Crippen molar-refractivity contribution in [2.24, 2.45) is 0 Å². The highest BCUT2D eigenvalue weighted by molar-refractivity contribution is 5.90. The lowest BCUT2D eigenvalue weighted by molar-refractivity contribution is -0.121. The molecule has 0 bridgehead atoms. The first kappa shape index (κ1) is 11.6. The summed E-state index contributed by atoms with van der Waals surface area (Å²) in [6.07, 6.45) is 0.268. The summed E-state index contributed by atoms with van der Waals surface area (Å²) in [4.78, 5) is 22.6. The third-order valence-electron chi connectivity index (χ3n) is 2.79. The molecular formula is C12H14N2O3. The molecule has 1 aliphatic rings. The molecule has 0 saturated carbocycles. The summed E-state index contributed by atoms with van der Waals surface area (Å²) in [5.74, 6) is -1.02. The molecule has 5 heteroatoms. The van der Waals surface area contributed by atoms with Crippen molar-refractivity contribution in [3.63, 3.8) is 0 Å². The summed E-state index contributed by atoms with van der Waals surface area (Å²) < 4.78 is 0. The summed E-state index contributed by atoms with van der Waals surface area (Å²) in [6, 6.07) is 6.54. The average molecular weight is 234 g/mol. The van der Waals surface area contributed by atoms with E-state index in [0.717, 1.165) is 0 Å². The van der Waals surface area contributed by atoms with Gasteiger partial charge in [0.15, 0.2) is 0 Å². The van der Waals surface area contributed by atoms with Crippen LogP contribution in [-0.4, -0.2) is 30.1 Å². The Labute approximate surface area is 98.8 Å². The van der Waals surface area contributed by atoms with E-state index in [2.05, 4.69) is 10.6 Å². The minimum atomic E-state index is -0.966. The van der Waals surface area contributed by atoms with Gasteiger partial charge >= 0.3 is 5.97 Å². The highest BCUT2D eigenvalue weighted by Gasteiger charge is 2.22. The molecule has 1 amide bonds. The first-order valence-corrected chi connectivity index (χ1v) is 5.51. The summed E-state index contributed by atoms with van der Waals surface area (Å²) in [7, 11) is 0. The monoisotopic (exact) mass is 234 g/mol. The molecule has 90 valence electrons. The number of rotatable bonds is 2. The Morgan fingerprint density at radius 3 is 2.82 bits per heavy atom. The lowest BCUT2D eigenvalue weighted by Gasteiger charge is -2.17. The third-order valence-corrected chi connectivity index (χ3v) is 2.79. The molecule has 0 aromatic heterocycles. The van der Waals surface area contributed by atoms with Crippen LogP contribution in [0.2, 0.25) is 0 Å². The van der Waals surface area contributed by atoms with E-state index >= 15 is 0 Å². The highest BCUT2D eigenvalue weighted by atomic mass is 16.4. The van der Waals surface area contributed by atoms with Crippen LogP contribution in [0.25, 0.3) is 0 Å². The van der Waals surface area contributed by atoms with E-state index < -0.39 is 5.97 Å². The summed E-state index contributed by atoms with van der Waals surface area (Å²) in [5.41, 5.74) is 0.914. The molecule has 1 heterocycles. The molecule has 1 atom stereocenters. The van der Waals surface area contributed by atoms with Crippen LogP contribution >= 0.6 is 0 Å². The van der Waals surface area contributed by atoms with Crippen molar-refractivity contribution in [1.29, 1.82) is 0 Å². The van der Waals surface area contributed by atoms with Gasteiger partial charge < -0.3 is 15.7 Å². The van der Waals surface area contributed by atoms with Gasteiger partial charge in [0.05, 0.1) is 5.56 Å². The van der Waals surface area contributed by atoms with Crippen molar-refractivity contribution >= 4 is 11.9 Å². The topological polar surface area (TPSA) is 78.4 Å². The largest absolute Gasteiger partial charge is 0.478 e. The van der Waals surface area contributed by atoms with Crippen molar-refractivity contribution < 1.29 is 14.7 Å². The normalized spacial score (nSPS) is 20.5. The number of carboxylic acid groups (broad SMARTS) is 1. The Balaban J connectivity index is 2.31. The van der Waals surface area contributed by atoms with Crippen LogP contribution in [-0.2, 0) is 4.79 Å². The number of carbonyl (C=O) groups excluding carboxylic acids is 1. The first-order valence-electron chi connectivity index (χ1n) is 5.51. The number of carbonyl (C=O) groups is 2. The van der Waals surface area contributed by atoms with Gasteiger partial charge in [0, 0.05) is 25.6 Å². The van der Waals surface area contributed by atoms with Crippen LogP contribution in [0.1, 0.15) is 28.4 Å². The number of nitrogens with one attached hydrogen (secondary N) is 2. The quantitative estimate of drug-likeness (QED) is 0.697.